The van der Waals surface area contributed by atoms with E-state index in [1.54, 1.807) is 7.11 Å². The first-order valence-corrected chi connectivity index (χ1v) is 7.17. The van der Waals surface area contributed by atoms with Crippen molar-refractivity contribution in [2.45, 2.75) is 12.8 Å². The summed E-state index contributed by atoms with van der Waals surface area (Å²) in [5, 5.41) is 0. The maximum Gasteiger partial charge on any atom is 0.231 e. The highest BCUT2D eigenvalue weighted by Crippen LogP contribution is 2.38. The largest absolute Gasteiger partial charge is 0.493 e. The quantitative estimate of drug-likeness (QED) is 0.657. The third-order valence-corrected chi connectivity index (χ3v) is 3.09. The van der Waals surface area contributed by atoms with Gasteiger partial charge in [0.25, 0.3) is 0 Å². The van der Waals surface area contributed by atoms with E-state index in [-0.39, 0.29) is 6.79 Å². The molecule has 0 unspecified atom stereocenters. The van der Waals surface area contributed by atoms with Crippen molar-refractivity contribution < 1.29 is 23.7 Å². The summed E-state index contributed by atoms with van der Waals surface area (Å²) in [7, 11) is 1.66. The fraction of sp³-hybridized carbons (Fsp3) is 0.600. The summed E-state index contributed by atoms with van der Waals surface area (Å²) in [6, 6.07) is 3.82. The molecular formula is C15H23NO5. The van der Waals surface area contributed by atoms with Crippen molar-refractivity contribution in [2.24, 2.45) is 5.73 Å². The summed E-state index contributed by atoms with van der Waals surface area (Å²) in [5.74, 6) is 2.29. The molecule has 2 N–H and O–H groups in total. The smallest absolute Gasteiger partial charge is 0.231 e. The van der Waals surface area contributed by atoms with Crippen LogP contribution in [0.3, 0.4) is 0 Å². The fourth-order valence-electron chi connectivity index (χ4n) is 2.04. The number of hydrogen-bond donors (Lipinski definition) is 1. The van der Waals surface area contributed by atoms with Gasteiger partial charge in [-0.2, -0.15) is 0 Å². The van der Waals surface area contributed by atoms with Gasteiger partial charge < -0.3 is 29.4 Å². The Morgan fingerprint density at radius 2 is 1.90 bits per heavy atom. The Bertz CT molecular complexity index is 438. The molecule has 0 saturated heterocycles. The van der Waals surface area contributed by atoms with Gasteiger partial charge in [0, 0.05) is 26.2 Å². The Kier molecular flexibility index (Phi) is 6.59. The van der Waals surface area contributed by atoms with Crippen LogP contribution < -0.4 is 19.9 Å². The van der Waals surface area contributed by atoms with Crippen molar-refractivity contribution in [1.82, 2.24) is 0 Å². The molecule has 0 aromatic heterocycles. The van der Waals surface area contributed by atoms with E-state index >= 15 is 0 Å². The van der Waals surface area contributed by atoms with E-state index in [4.69, 9.17) is 29.4 Å². The van der Waals surface area contributed by atoms with Crippen LogP contribution in [0, 0.1) is 0 Å². The molecule has 1 aromatic rings. The van der Waals surface area contributed by atoms with Crippen LogP contribution in [-0.4, -0.2) is 46.9 Å². The van der Waals surface area contributed by atoms with Crippen LogP contribution in [0.1, 0.15) is 12.0 Å². The van der Waals surface area contributed by atoms with E-state index in [9.17, 15) is 0 Å². The lowest BCUT2D eigenvalue weighted by Gasteiger charge is -2.12. The van der Waals surface area contributed by atoms with Crippen LogP contribution in [-0.2, 0) is 15.9 Å². The number of hydrogen-bond acceptors (Lipinski definition) is 6. The molecule has 0 spiro atoms. The van der Waals surface area contributed by atoms with Gasteiger partial charge in [-0.25, -0.2) is 0 Å². The van der Waals surface area contributed by atoms with Gasteiger partial charge in [-0.05, 0) is 24.6 Å². The second kappa shape index (κ2) is 8.71. The molecule has 0 atom stereocenters. The van der Waals surface area contributed by atoms with Crippen LogP contribution in [0.2, 0.25) is 0 Å². The van der Waals surface area contributed by atoms with Gasteiger partial charge in [0.15, 0.2) is 11.5 Å². The van der Waals surface area contributed by atoms with Crippen LogP contribution in [0.5, 0.6) is 17.2 Å². The van der Waals surface area contributed by atoms with Crippen molar-refractivity contribution in [3.8, 4) is 17.2 Å². The maximum atomic E-state index is 5.82. The van der Waals surface area contributed by atoms with E-state index in [2.05, 4.69) is 0 Å². The third-order valence-electron chi connectivity index (χ3n) is 3.09. The monoisotopic (exact) mass is 297 g/mol. The van der Waals surface area contributed by atoms with Gasteiger partial charge in [0.2, 0.25) is 6.79 Å². The standard InChI is InChI=1S/C15H23NO5/c1-17-7-8-18-5-2-6-19-13-10-15-14(20-11-21-15)9-12(13)3-4-16/h9-10H,2-8,11,16H2,1H3. The van der Waals surface area contributed by atoms with Crippen molar-refractivity contribution in [1.29, 1.82) is 0 Å². The number of benzene rings is 1. The van der Waals surface area contributed by atoms with Crippen LogP contribution in [0.15, 0.2) is 12.1 Å². The first kappa shape index (κ1) is 15.9. The molecule has 0 fully saturated rings. The Morgan fingerprint density at radius 1 is 1.10 bits per heavy atom. The Balaban J connectivity index is 1.81. The summed E-state index contributed by atoms with van der Waals surface area (Å²) in [6.07, 6.45) is 1.57. The molecular weight excluding hydrogens is 274 g/mol. The van der Waals surface area contributed by atoms with Crippen LogP contribution >= 0.6 is 0 Å². The average molecular weight is 297 g/mol. The van der Waals surface area contributed by atoms with Crippen LogP contribution in [0.25, 0.3) is 0 Å². The number of nitrogens with two attached hydrogens (primary N) is 1. The SMILES string of the molecule is COCCOCCCOc1cc2c(cc1CCN)OCO2. The Morgan fingerprint density at radius 3 is 2.67 bits per heavy atom. The molecule has 2 rings (SSSR count). The average Bonchev–Trinajstić information content (AvgIpc) is 2.94. The molecule has 0 radical (unpaired) electrons. The summed E-state index contributed by atoms with van der Waals surface area (Å²) >= 11 is 0. The summed E-state index contributed by atoms with van der Waals surface area (Å²) < 4.78 is 26.9. The fourth-order valence-corrected chi connectivity index (χ4v) is 2.04. The highest BCUT2D eigenvalue weighted by atomic mass is 16.7. The van der Waals surface area contributed by atoms with Gasteiger partial charge in [0.1, 0.15) is 5.75 Å². The molecule has 0 bridgehead atoms. The Hall–Kier alpha value is -1.50. The molecule has 21 heavy (non-hydrogen) atoms. The summed E-state index contributed by atoms with van der Waals surface area (Å²) in [6.45, 7) is 3.29. The Labute approximate surface area is 125 Å². The molecule has 1 aromatic carbocycles. The normalized spacial score (nSPS) is 12.7. The third kappa shape index (κ3) is 4.77. The van der Waals surface area contributed by atoms with Crippen molar-refractivity contribution in [2.75, 3.05) is 46.9 Å². The zero-order valence-electron chi connectivity index (χ0n) is 12.4. The van der Waals surface area contributed by atoms with E-state index in [0.29, 0.717) is 33.0 Å². The molecule has 118 valence electrons. The van der Waals surface area contributed by atoms with Crippen LogP contribution in [0.4, 0.5) is 0 Å². The van der Waals surface area contributed by atoms with Gasteiger partial charge in [0.05, 0.1) is 19.8 Å². The number of rotatable bonds is 10. The second-order valence-electron chi connectivity index (χ2n) is 4.66. The predicted molar refractivity (Wildman–Crippen MR) is 78.1 cm³/mol. The molecule has 6 heteroatoms. The highest BCUT2D eigenvalue weighted by molar-refractivity contribution is 5.51. The number of methoxy groups -OCH3 is 1. The van der Waals surface area contributed by atoms with Crippen molar-refractivity contribution in [3.63, 3.8) is 0 Å². The van der Waals surface area contributed by atoms with E-state index in [1.807, 2.05) is 12.1 Å². The molecule has 0 aliphatic carbocycles. The molecule has 6 nitrogen and oxygen atoms in total. The van der Waals surface area contributed by atoms with E-state index in [1.165, 1.54) is 0 Å². The molecule has 1 aliphatic heterocycles. The highest BCUT2D eigenvalue weighted by Gasteiger charge is 2.17. The lowest BCUT2D eigenvalue weighted by atomic mass is 10.1. The van der Waals surface area contributed by atoms with Gasteiger partial charge in [-0.1, -0.05) is 0 Å². The first-order chi connectivity index (χ1) is 10.3. The number of fused-ring (bicyclic) bond motifs is 1. The molecule has 1 heterocycles. The summed E-state index contributed by atoms with van der Waals surface area (Å²) in [5.41, 5.74) is 6.68. The lowest BCUT2D eigenvalue weighted by Crippen LogP contribution is -2.09. The maximum absolute atomic E-state index is 5.82. The summed E-state index contributed by atoms with van der Waals surface area (Å²) in [4.78, 5) is 0. The van der Waals surface area contributed by atoms with E-state index < -0.39 is 0 Å². The lowest BCUT2D eigenvalue weighted by molar-refractivity contribution is 0.0644. The van der Waals surface area contributed by atoms with Crippen molar-refractivity contribution in [3.05, 3.63) is 17.7 Å². The first-order valence-electron chi connectivity index (χ1n) is 7.17. The zero-order valence-corrected chi connectivity index (χ0v) is 12.4. The predicted octanol–water partition coefficient (Wildman–Crippen LogP) is 1.35. The van der Waals surface area contributed by atoms with Gasteiger partial charge in [-0.15, -0.1) is 0 Å². The number of ether oxygens (including phenoxy) is 5. The minimum Gasteiger partial charge on any atom is -0.493 e. The minimum atomic E-state index is 0.258. The van der Waals surface area contributed by atoms with E-state index in [0.717, 1.165) is 35.7 Å². The second-order valence-corrected chi connectivity index (χ2v) is 4.66. The van der Waals surface area contributed by atoms with Crippen molar-refractivity contribution >= 4 is 0 Å². The molecule has 1 aliphatic rings. The van der Waals surface area contributed by atoms with Gasteiger partial charge in [-0.3, -0.25) is 0 Å². The van der Waals surface area contributed by atoms with Gasteiger partial charge >= 0.3 is 0 Å². The molecule has 0 amide bonds. The zero-order chi connectivity index (χ0) is 14.9. The minimum absolute atomic E-state index is 0.258. The topological polar surface area (TPSA) is 72.2 Å². The molecule has 0 saturated carbocycles.